The molecule has 1 N–H and O–H groups in total. The Kier molecular flexibility index (Phi) is 1.33. The van der Waals surface area contributed by atoms with E-state index in [-0.39, 0.29) is 18.9 Å². The summed E-state index contributed by atoms with van der Waals surface area (Å²) in [4.78, 5) is 19.9. The van der Waals surface area contributed by atoms with Crippen molar-refractivity contribution in [1.82, 2.24) is 5.32 Å². The Hall–Kier alpha value is -1.13. The largest absolute Gasteiger partial charge is 0.349 e. The summed E-state index contributed by atoms with van der Waals surface area (Å²) in [6.45, 7) is 0.186. The highest BCUT2D eigenvalue weighted by Gasteiger charge is 2.30. The van der Waals surface area contributed by atoms with Gasteiger partial charge in [0.05, 0.1) is 13.0 Å². The minimum Gasteiger partial charge on any atom is -0.349 e. The van der Waals surface area contributed by atoms with Crippen molar-refractivity contribution in [3.05, 3.63) is 10.1 Å². The fraction of sp³-hybridized carbons (Fsp3) is 0.750. The van der Waals surface area contributed by atoms with Gasteiger partial charge in [0.25, 0.3) is 0 Å². The second-order valence-corrected chi connectivity index (χ2v) is 1.95. The Labute approximate surface area is 51.2 Å². The van der Waals surface area contributed by atoms with Gasteiger partial charge in [-0.25, -0.2) is 0 Å². The molecule has 1 fully saturated rings. The van der Waals surface area contributed by atoms with Crippen LogP contribution in [-0.2, 0) is 4.79 Å². The van der Waals surface area contributed by atoms with Gasteiger partial charge in [-0.1, -0.05) is 0 Å². The molecule has 0 bridgehead atoms. The summed E-state index contributed by atoms with van der Waals surface area (Å²) in [5.41, 5.74) is 0. The van der Waals surface area contributed by atoms with Crippen molar-refractivity contribution in [2.75, 3.05) is 6.54 Å². The molecule has 5 nitrogen and oxygen atoms in total. The second-order valence-electron chi connectivity index (χ2n) is 1.95. The van der Waals surface area contributed by atoms with Gasteiger partial charge < -0.3 is 5.32 Å². The van der Waals surface area contributed by atoms with Gasteiger partial charge in [-0.05, 0) is 0 Å². The molecule has 0 radical (unpaired) electrons. The quantitative estimate of drug-likeness (QED) is 0.371. The summed E-state index contributed by atoms with van der Waals surface area (Å²) in [5.74, 6) is -0.225. The summed E-state index contributed by atoms with van der Waals surface area (Å²) >= 11 is 0. The molecule has 1 aliphatic rings. The summed E-state index contributed by atoms with van der Waals surface area (Å²) in [6, 6.07) is -0.697. The Morgan fingerprint density at radius 2 is 2.44 bits per heavy atom. The minimum atomic E-state index is -0.697. The zero-order valence-corrected chi connectivity index (χ0v) is 4.66. The van der Waals surface area contributed by atoms with Crippen LogP contribution in [0.25, 0.3) is 0 Å². The van der Waals surface area contributed by atoms with E-state index in [4.69, 9.17) is 0 Å². The average Bonchev–Trinajstić information content (AvgIpc) is 2.14. The predicted octanol–water partition coefficient (Wildman–Crippen LogP) is -0.848. The fourth-order valence-electron chi connectivity index (χ4n) is 0.739. The molecule has 1 heterocycles. The molecule has 1 saturated heterocycles. The van der Waals surface area contributed by atoms with Gasteiger partial charge in [0.15, 0.2) is 0 Å². The summed E-state index contributed by atoms with van der Waals surface area (Å²) in [6.07, 6.45) is 0.0347. The maximum atomic E-state index is 10.3. The van der Waals surface area contributed by atoms with Crippen molar-refractivity contribution in [3.8, 4) is 0 Å². The maximum absolute atomic E-state index is 10.3. The first-order valence-corrected chi connectivity index (χ1v) is 2.60. The van der Waals surface area contributed by atoms with Crippen molar-refractivity contribution in [2.45, 2.75) is 12.5 Å². The zero-order valence-electron chi connectivity index (χ0n) is 4.66. The molecule has 50 valence electrons. The highest BCUT2D eigenvalue weighted by molar-refractivity contribution is 5.78. The van der Waals surface area contributed by atoms with Crippen LogP contribution in [0.3, 0.4) is 0 Å². The van der Waals surface area contributed by atoms with E-state index >= 15 is 0 Å². The number of hydrogen-bond donors (Lipinski definition) is 1. The van der Waals surface area contributed by atoms with Crippen molar-refractivity contribution in [2.24, 2.45) is 0 Å². The predicted molar refractivity (Wildman–Crippen MR) is 28.4 cm³/mol. The lowest BCUT2D eigenvalue weighted by atomic mass is 10.3. The van der Waals surface area contributed by atoms with Crippen LogP contribution in [0.1, 0.15) is 6.42 Å². The Balaban J connectivity index is 2.48. The zero-order chi connectivity index (χ0) is 6.85. The minimum absolute atomic E-state index is 0.0347. The third kappa shape index (κ3) is 1.16. The number of amides is 1. The van der Waals surface area contributed by atoms with Crippen molar-refractivity contribution in [3.63, 3.8) is 0 Å². The molecule has 0 unspecified atom stereocenters. The van der Waals surface area contributed by atoms with Gasteiger partial charge in [0, 0.05) is 4.92 Å². The van der Waals surface area contributed by atoms with Gasteiger partial charge in [-0.2, -0.15) is 0 Å². The first-order chi connectivity index (χ1) is 4.20. The molecule has 0 aromatic carbocycles. The lowest BCUT2D eigenvalue weighted by molar-refractivity contribution is -0.516. The second kappa shape index (κ2) is 2.00. The van der Waals surface area contributed by atoms with E-state index in [0.29, 0.717) is 0 Å². The average molecular weight is 130 g/mol. The molecule has 1 amide bonds. The number of rotatable bonds is 1. The first-order valence-electron chi connectivity index (χ1n) is 2.60. The van der Waals surface area contributed by atoms with Crippen LogP contribution in [0.15, 0.2) is 0 Å². The number of nitro groups is 1. The monoisotopic (exact) mass is 130 g/mol. The number of nitrogens with zero attached hydrogens (tertiary/aromatic N) is 1. The highest BCUT2D eigenvalue weighted by Crippen LogP contribution is 2.01. The SMILES string of the molecule is O=C1C[C@H]([N+](=O)[O-])CN1. The third-order valence-electron chi connectivity index (χ3n) is 1.25. The normalized spacial score (nSPS) is 25.8. The van der Waals surface area contributed by atoms with Crippen molar-refractivity contribution in [1.29, 1.82) is 0 Å². The lowest BCUT2D eigenvalue weighted by Crippen LogP contribution is -2.21. The molecular weight excluding hydrogens is 124 g/mol. The summed E-state index contributed by atoms with van der Waals surface area (Å²) in [7, 11) is 0. The van der Waals surface area contributed by atoms with Crippen molar-refractivity contribution < 1.29 is 9.72 Å². The van der Waals surface area contributed by atoms with E-state index in [1.54, 1.807) is 0 Å². The molecule has 5 heteroatoms. The van der Waals surface area contributed by atoms with Gasteiger partial charge >= 0.3 is 0 Å². The molecule has 0 saturated carbocycles. The van der Waals surface area contributed by atoms with Crippen LogP contribution in [0, 0.1) is 10.1 Å². The van der Waals surface area contributed by atoms with Crippen LogP contribution >= 0.6 is 0 Å². The summed E-state index contributed by atoms with van der Waals surface area (Å²) in [5, 5.41) is 12.3. The molecule has 9 heavy (non-hydrogen) atoms. The van der Waals surface area contributed by atoms with E-state index in [1.165, 1.54) is 0 Å². The molecule has 0 spiro atoms. The third-order valence-corrected chi connectivity index (χ3v) is 1.25. The van der Waals surface area contributed by atoms with E-state index in [9.17, 15) is 14.9 Å². The Morgan fingerprint density at radius 1 is 1.78 bits per heavy atom. The highest BCUT2D eigenvalue weighted by atomic mass is 16.6. The van der Waals surface area contributed by atoms with Gasteiger partial charge in [0.1, 0.15) is 0 Å². The van der Waals surface area contributed by atoms with Crippen molar-refractivity contribution >= 4 is 5.91 Å². The summed E-state index contributed by atoms with van der Waals surface area (Å²) < 4.78 is 0. The molecule has 1 rings (SSSR count). The van der Waals surface area contributed by atoms with Gasteiger partial charge in [0.2, 0.25) is 11.9 Å². The lowest BCUT2D eigenvalue weighted by Gasteiger charge is -1.93. The fourth-order valence-corrected chi connectivity index (χ4v) is 0.739. The first kappa shape index (κ1) is 6.00. The van der Waals surface area contributed by atoms with E-state index < -0.39 is 11.0 Å². The number of hydrogen-bond acceptors (Lipinski definition) is 3. The van der Waals surface area contributed by atoms with Gasteiger partial charge in [-0.3, -0.25) is 14.9 Å². The van der Waals surface area contributed by atoms with E-state index in [0.717, 1.165) is 0 Å². The Bertz CT molecular complexity index is 156. The van der Waals surface area contributed by atoms with Crippen LogP contribution in [0.4, 0.5) is 0 Å². The standard InChI is InChI=1S/C4H6N2O3/c7-4-1-3(2-5-4)6(8)9/h3H,1-2H2,(H,5,7)/t3-/m0/s1. The molecule has 1 aliphatic heterocycles. The Morgan fingerprint density at radius 3 is 2.67 bits per heavy atom. The molecule has 0 aliphatic carbocycles. The topological polar surface area (TPSA) is 72.2 Å². The maximum Gasteiger partial charge on any atom is 0.238 e. The molecule has 1 atom stereocenters. The number of carbonyl (C=O) groups excluding carboxylic acids is 1. The van der Waals surface area contributed by atoms with E-state index in [1.807, 2.05) is 0 Å². The van der Waals surface area contributed by atoms with Crippen LogP contribution in [0.5, 0.6) is 0 Å². The molecular formula is C4H6N2O3. The smallest absolute Gasteiger partial charge is 0.238 e. The molecule has 0 aromatic rings. The van der Waals surface area contributed by atoms with E-state index in [2.05, 4.69) is 5.32 Å². The number of carbonyl (C=O) groups is 1. The van der Waals surface area contributed by atoms with Gasteiger partial charge in [-0.15, -0.1) is 0 Å². The van der Waals surface area contributed by atoms with Crippen LogP contribution in [-0.4, -0.2) is 23.4 Å². The molecule has 0 aromatic heterocycles. The van der Waals surface area contributed by atoms with Crippen LogP contribution in [0.2, 0.25) is 0 Å². The number of nitrogens with one attached hydrogen (secondary N) is 1. The van der Waals surface area contributed by atoms with Crippen LogP contribution < -0.4 is 5.32 Å².